The Morgan fingerprint density at radius 2 is 1.67 bits per heavy atom. The van der Waals surface area contributed by atoms with Gasteiger partial charge >= 0.3 is 5.91 Å². The smallest absolute Gasteiger partial charge is 0.378 e. The Morgan fingerprint density at radius 3 is 2.06 bits per heavy atom. The summed E-state index contributed by atoms with van der Waals surface area (Å²) < 4.78 is 0. The molecule has 3 nitrogen and oxygen atoms in total. The largest absolute Gasteiger partial charge is 1.00 e. The predicted octanol–water partition coefficient (Wildman–Crippen LogP) is -0.980. The van der Waals surface area contributed by atoms with E-state index in [4.69, 9.17) is 0 Å². The number of carbonyl (C=O) groups is 1. The van der Waals surface area contributed by atoms with E-state index >= 15 is 0 Å². The number of nitrogens with one attached hydrogen (secondary N) is 1. The molecule has 0 aliphatic carbocycles. The van der Waals surface area contributed by atoms with E-state index in [1.54, 1.807) is 0 Å². The highest BCUT2D eigenvalue weighted by Gasteiger charge is 2.21. The van der Waals surface area contributed by atoms with E-state index in [1.807, 2.05) is 34.6 Å². The Morgan fingerprint density at radius 1 is 1.17 bits per heavy atom. The van der Waals surface area contributed by atoms with Crippen LogP contribution in [0.15, 0.2) is 23.0 Å². The van der Waals surface area contributed by atoms with Crippen molar-refractivity contribution in [3.8, 4) is 0 Å². The number of rotatable bonds is 6. The first kappa shape index (κ1) is 19.5. The summed E-state index contributed by atoms with van der Waals surface area (Å²) in [5.41, 5.74) is 2.05. The molecule has 0 bridgehead atoms. The van der Waals surface area contributed by atoms with E-state index in [2.05, 4.69) is 6.08 Å². The third-order valence-electron chi connectivity index (χ3n) is 2.87. The summed E-state index contributed by atoms with van der Waals surface area (Å²) in [5.74, 6) is -0.226. The predicted molar refractivity (Wildman–Crippen MR) is 71.0 cm³/mol. The van der Waals surface area contributed by atoms with Gasteiger partial charge in [-0.25, -0.2) is 4.79 Å². The average molecular weight is 276 g/mol. The van der Waals surface area contributed by atoms with Gasteiger partial charge in [0.2, 0.25) is 5.76 Å². The van der Waals surface area contributed by atoms with Gasteiger partial charge in [-0.3, -0.25) is 4.90 Å². The molecule has 1 amide bonds. The lowest BCUT2D eigenvalue weighted by molar-refractivity contribution is -0.814. The van der Waals surface area contributed by atoms with Gasteiger partial charge in [-0.05, 0) is 53.0 Å². The van der Waals surface area contributed by atoms with E-state index in [0.717, 1.165) is 23.3 Å². The molecule has 0 unspecified atom stereocenters. The van der Waals surface area contributed by atoms with E-state index in [0.29, 0.717) is 13.1 Å². The number of amides is 1. The molecule has 0 heterocycles. The lowest BCUT2D eigenvalue weighted by Gasteiger charge is -2.13. The molecule has 0 aromatic rings. The van der Waals surface area contributed by atoms with Crippen molar-refractivity contribution in [2.75, 3.05) is 13.1 Å². The molecule has 2 N–H and O–H groups in total. The Kier molecular flexibility index (Phi) is 11.0. The Balaban J connectivity index is 0. The highest BCUT2D eigenvalue weighted by atomic mass is 35.5. The van der Waals surface area contributed by atoms with Crippen molar-refractivity contribution in [2.45, 2.75) is 47.5 Å². The van der Waals surface area contributed by atoms with Gasteiger partial charge in [0.05, 0.1) is 13.1 Å². The molecule has 0 radical (unpaired) electrons. The molecule has 18 heavy (non-hydrogen) atoms. The summed E-state index contributed by atoms with van der Waals surface area (Å²) in [4.78, 5) is 12.7. The van der Waals surface area contributed by atoms with Gasteiger partial charge in [0.1, 0.15) is 0 Å². The van der Waals surface area contributed by atoms with E-state index < -0.39 is 0 Å². The molecule has 0 fully saturated rings. The number of halogens is 1. The maximum Gasteiger partial charge on any atom is 0.378 e. The second kappa shape index (κ2) is 10.2. The van der Waals surface area contributed by atoms with Gasteiger partial charge in [0, 0.05) is 0 Å². The first-order valence-electron chi connectivity index (χ1n) is 6.35. The fourth-order valence-electron chi connectivity index (χ4n) is 1.63. The van der Waals surface area contributed by atoms with Crippen LogP contribution < -0.4 is 17.3 Å². The van der Waals surface area contributed by atoms with E-state index in [9.17, 15) is 9.90 Å². The Labute approximate surface area is 117 Å². The number of allylic oxidation sites excluding steroid dienone is 3. The summed E-state index contributed by atoms with van der Waals surface area (Å²) in [7, 11) is 0. The Hall–Kier alpha value is -0.800. The highest BCUT2D eigenvalue weighted by molar-refractivity contribution is 5.84. The van der Waals surface area contributed by atoms with E-state index in [1.165, 1.54) is 5.57 Å². The van der Waals surface area contributed by atoms with Crippen molar-refractivity contribution in [3.05, 3.63) is 23.0 Å². The van der Waals surface area contributed by atoms with Gasteiger partial charge in [-0.2, -0.15) is 0 Å². The molecule has 0 aliphatic heterocycles. The molecule has 4 heteroatoms. The van der Waals surface area contributed by atoms with Crippen LogP contribution in [0, 0.1) is 0 Å². The van der Waals surface area contributed by atoms with Crippen molar-refractivity contribution >= 4 is 5.91 Å². The number of carbonyl (C=O) groups excluding carboxylic acids is 1. The molecule has 0 spiro atoms. The highest BCUT2D eigenvalue weighted by Crippen LogP contribution is 2.09. The summed E-state index contributed by atoms with van der Waals surface area (Å²) >= 11 is 0. The van der Waals surface area contributed by atoms with Crippen LogP contribution in [0.25, 0.3) is 0 Å². The first-order valence-corrected chi connectivity index (χ1v) is 6.35. The maximum absolute atomic E-state index is 11.9. The zero-order valence-corrected chi connectivity index (χ0v) is 12.9. The molecule has 106 valence electrons. The minimum absolute atomic E-state index is 0. The zero-order valence-electron chi connectivity index (χ0n) is 12.1. The fourth-order valence-corrected chi connectivity index (χ4v) is 1.63. The van der Waals surface area contributed by atoms with Crippen LogP contribution in [0.5, 0.6) is 0 Å². The monoisotopic (exact) mass is 275 g/mol. The molecule has 0 aromatic carbocycles. The average Bonchev–Trinajstić information content (AvgIpc) is 2.28. The second-order valence-corrected chi connectivity index (χ2v) is 4.59. The van der Waals surface area contributed by atoms with Gasteiger partial charge in [-0.1, -0.05) is 11.6 Å². The summed E-state index contributed by atoms with van der Waals surface area (Å²) in [6.45, 7) is 11.2. The number of likely N-dealkylation sites (N-methyl/N-ethyl adjacent to an activating group) is 1. The van der Waals surface area contributed by atoms with Crippen molar-refractivity contribution < 1.29 is 27.2 Å². The van der Waals surface area contributed by atoms with Gasteiger partial charge in [-0.15, -0.1) is 0 Å². The second-order valence-electron chi connectivity index (χ2n) is 4.59. The number of quaternary nitrogens is 1. The van der Waals surface area contributed by atoms with Crippen molar-refractivity contribution in [3.63, 3.8) is 0 Å². The molecular weight excluding hydrogens is 250 g/mol. The topological polar surface area (TPSA) is 41.7 Å². The third-order valence-corrected chi connectivity index (χ3v) is 2.87. The minimum Gasteiger partial charge on any atom is -1.00 e. The molecule has 0 rings (SSSR count). The minimum atomic E-state index is -0.176. The normalized spacial score (nSPS) is 11.7. The SMILES string of the molecule is CC[NH+](CC)C(=O)/C(O)=C(/C)CCC=C(C)C.[Cl-]. The number of aliphatic hydroxyl groups is 1. The lowest BCUT2D eigenvalue weighted by atomic mass is 10.1. The van der Waals surface area contributed by atoms with Crippen LogP contribution in [0.4, 0.5) is 0 Å². The summed E-state index contributed by atoms with van der Waals surface area (Å²) in [6, 6.07) is 0. The van der Waals surface area contributed by atoms with Crippen LogP contribution >= 0.6 is 0 Å². The van der Waals surface area contributed by atoms with Crippen LogP contribution in [0.1, 0.15) is 47.5 Å². The molecule has 0 aromatic heterocycles. The van der Waals surface area contributed by atoms with Crippen molar-refractivity contribution in [2.24, 2.45) is 0 Å². The summed E-state index contributed by atoms with van der Waals surface area (Å²) in [5, 5.41) is 9.87. The number of hydrogen-bond acceptors (Lipinski definition) is 2. The Bertz CT molecular complexity index is 314. The van der Waals surface area contributed by atoms with Crippen molar-refractivity contribution in [1.82, 2.24) is 0 Å². The number of aliphatic hydroxyl groups excluding tert-OH is 1. The van der Waals surface area contributed by atoms with Gasteiger partial charge in [0.15, 0.2) is 0 Å². The standard InChI is InChI=1S/C14H25NO2.ClH/c1-6-15(7-2)14(17)13(16)12(5)10-8-9-11(3)4;/h9,16H,6-8,10H2,1-5H3;1H/b13-12+;. The molecule has 0 saturated heterocycles. The maximum atomic E-state index is 11.9. The molecule has 0 saturated carbocycles. The first-order chi connectivity index (χ1) is 7.93. The van der Waals surface area contributed by atoms with Crippen LogP contribution in [-0.2, 0) is 4.79 Å². The van der Waals surface area contributed by atoms with Gasteiger partial charge in [0.25, 0.3) is 0 Å². The van der Waals surface area contributed by atoms with Crippen molar-refractivity contribution in [1.29, 1.82) is 0 Å². The van der Waals surface area contributed by atoms with E-state index in [-0.39, 0.29) is 24.1 Å². The van der Waals surface area contributed by atoms with Crippen LogP contribution in [0.3, 0.4) is 0 Å². The van der Waals surface area contributed by atoms with Crippen LogP contribution in [-0.4, -0.2) is 24.1 Å². The fraction of sp³-hybridized carbons (Fsp3) is 0.643. The molecule has 0 atom stereocenters. The van der Waals surface area contributed by atoms with Crippen LogP contribution in [0.2, 0.25) is 0 Å². The quantitative estimate of drug-likeness (QED) is 0.372. The zero-order chi connectivity index (χ0) is 13.4. The lowest BCUT2D eigenvalue weighted by Crippen LogP contribution is -3.14. The number of hydrogen-bond donors (Lipinski definition) is 2. The van der Waals surface area contributed by atoms with Gasteiger partial charge < -0.3 is 17.5 Å². The third kappa shape index (κ3) is 6.82. The molecular formula is C14H26ClNO2. The summed E-state index contributed by atoms with van der Waals surface area (Å²) in [6.07, 6.45) is 3.73. The molecule has 0 aliphatic rings.